The lowest BCUT2D eigenvalue weighted by atomic mass is 10.0. The molecule has 5 heteroatoms. The molecule has 2 heterocycles. The predicted molar refractivity (Wildman–Crippen MR) is 73.4 cm³/mol. The molecule has 0 aromatic carbocycles. The molecule has 1 aromatic heterocycles. The molecule has 1 aromatic rings. The molecule has 0 radical (unpaired) electrons. The maximum Gasteiger partial charge on any atom is 0.328 e. The number of amides is 1. The third-order valence-electron chi connectivity index (χ3n) is 3.54. The van der Waals surface area contributed by atoms with Crippen LogP contribution >= 0.6 is 0 Å². The van der Waals surface area contributed by atoms with Crippen LogP contribution in [0.1, 0.15) is 49.4 Å². The Hall–Kier alpha value is -1.78. The average Bonchev–Trinajstić information content (AvgIpc) is 2.95. The van der Waals surface area contributed by atoms with Crippen LogP contribution in [0.25, 0.3) is 0 Å². The minimum absolute atomic E-state index is 0.220. The van der Waals surface area contributed by atoms with Crippen molar-refractivity contribution in [3.8, 4) is 0 Å². The van der Waals surface area contributed by atoms with Gasteiger partial charge in [-0.25, -0.2) is 4.79 Å². The topological polar surface area (TPSA) is 59.8 Å². The first kappa shape index (κ1) is 14.6. The fourth-order valence-corrected chi connectivity index (χ4v) is 2.48. The highest BCUT2D eigenvalue weighted by Gasteiger charge is 2.34. The number of ether oxygens (including phenoxy) is 1. The van der Waals surface area contributed by atoms with Gasteiger partial charge < -0.3 is 14.1 Å². The minimum Gasteiger partial charge on any atom is -0.464 e. The first-order valence-corrected chi connectivity index (χ1v) is 7.23. The van der Waals surface area contributed by atoms with E-state index in [1.165, 1.54) is 0 Å². The number of hydrogen-bond acceptors (Lipinski definition) is 4. The molecule has 1 aliphatic rings. The Morgan fingerprint density at radius 2 is 2.15 bits per heavy atom. The zero-order valence-electron chi connectivity index (χ0n) is 12.1. The summed E-state index contributed by atoms with van der Waals surface area (Å²) in [6, 6.07) is 3.00. The van der Waals surface area contributed by atoms with Crippen molar-refractivity contribution < 1.29 is 18.7 Å². The van der Waals surface area contributed by atoms with Crippen LogP contribution in [-0.4, -0.2) is 36.0 Å². The van der Waals surface area contributed by atoms with Gasteiger partial charge in [-0.1, -0.05) is 6.92 Å². The number of aryl methyl sites for hydroxylation is 1. The summed E-state index contributed by atoms with van der Waals surface area (Å²) in [7, 11) is 0. The van der Waals surface area contributed by atoms with Gasteiger partial charge in [-0.15, -0.1) is 0 Å². The van der Waals surface area contributed by atoms with Crippen LogP contribution in [0.15, 0.2) is 16.5 Å². The van der Waals surface area contributed by atoms with Gasteiger partial charge in [0, 0.05) is 13.0 Å². The van der Waals surface area contributed by atoms with Gasteiger partial charge in [0.1, 0.15) is 11.8 Å². The third-order valence-corrected chi connectivity index (χ3v) is 3.54. The summed E-state index contributed by atoms with van der Waals surface area (Å²) in [5.74, 6) is 0.543. The van der Waals surface area contributed by atoms with E-state index in [-0.39, 0.29) is 11.9 Å². The smallest absolute Gasteiger partial charge is 0.328 e. The van der Waals surface area contributed by atoms with Crippen LogP contribution in [0.5, 0.6) is 0 Å². The molecular formula is C15H21NO4. The Kier molecular flexibility index (Phi) is 4.82. The number of rotatable bonds is 4. The third kappa shape index (κ3) is 3.03. The Balaban J connectivity index is 2.14. The molecule has 1 unspecified atom stereocenters. The maximum absolute atomic E-state index is 12.5. The largest absolute Gasteiger partial charge is 0.464 e. The normalized spacial score (nSPS) is 18.9. The number of carbonyl (C=O) groups excluding carboxylic acids is 2. The lowest BCUT2D eigenvalue weighted by Crippen LogP contribution is -2.48. The van der Waals surface area contributed by atoms with Crippen molar-refractivity contribution in [3.05, 3.63) is 23.7 Å². The second kappa shape index (κ2) is 6.59. The molecule has 110 valence electrons. The van der Waals surface area contributed by atoms with Crippen molar-refractivity contribution >= 4 is 11.9 Å². The van der Waals surface area contributed by atoms with Gasteiger partial charge in [0.15, 0.2) is 5.76 Å². The molecular weight excluding hydrogens is 258 g/mol. The SMILES string of the molecule is CCOC(=O)C1CCCCN1C(=O)c1ccc(CC)o1. The van der Waals surface area contributed by atoms with E-state index in [2.05, 4.69) is 0 Å². The van der Waals surface area contributed by atoms with Crippen LogP contribution in [0.4, 0.5) is 0 Å². The zero-order valence-corrected chi connectivity index (χ0v) is 12.1. The summed E-state index contributed by atoms with van der Waals surface area (Å²) in [4.78, 5) is 26.0. The number of carbonyl (C=O) groups is 2. The molecule has 1 fully saturated rings. The fraction of sp³-hybridized carbons (Fsp3) is 0.600. The molecule has 1 aliphatic heterocycles. The number of nitrogens with zero attached hydrogens (tertiary/aromatic N) is 1. The van der Waals surface area contributed by atoms with Gasteiger partial charge in [0.05, 0.1) is 6.61 Å². The van der Waals surface area contributed by atoms with E-state index in [4.69, 9.17) is 9.15 Å². The van der Waals surface area contributed by atoms with E-state index >= 15 is 0 Å². The molecule has 0 saturated carbocycles. The molecule has 1 atom stereocenters. The lowest BCUT2D eigenvalue weighted by molar-refractivity contribution is -0.149. The van der Waals surface area contributed by atoms with Crippen LogP contribution < -0.4 is 0 Å². The standard InChI is InChI=1S/C15H21NO4/c1-3-11-8-9-13(20-11)14(17)16-10-6-5-7-12(16)15(18)19-4-2/h8-9,12H,3-7,10H2,1-2H3. The van der Waals surface area contributed by atoms with Gasteiger partial charge in [-0.2, -0.15) is 0 Å². The highest BCUT2D eigenvalue weighted by atomic mass is 16.5. The van der Waals surface area contributed by atoms with Crippen LogP contribution in [0, 0.1) is 0 Å². The van der Waals surface area contributed by atoms with Gasteiger partial charge in [0.2, 0.25) is 0 Å². The van der Waals surface area contributed by atoms with Gasteiger partial charge in [0.25, 0.3) is 5.91 Å². The molecule has 20 heavy (non-hydrogen) atoms. The van der Waals surface area contributed by atoms with Crippen molar-refractivity contribution in [2.45, 2.75) is 45.6 Å². The summed E-state index contributed by atoms with van der Waals surface area (Å²) in [6.07, 6.45) is 3.25. The molecule has 1 amide bonds. The molecule has 2 rings (SSSR count). The number of esters is 1. The van der Waals surface area contributed by atoms with E-state index < -0.39 is 6.04 Å². The second-order valence-electron chi connectivity index (χ2n) is 4.88. The van der Waals surface area contributed by atoms with Crippen LogP contribution in [0.3, 0.4) is 0 Å². The number of likely N-dealkylation sites (tertiary alicyclic amines) is 1. The second-order valence-corrected chi connectivity index (χ2v) is 4.88. The van der Waals surface area contributed by atoms with Gasteiger partial charge in [-0.05, 0) is 38.3 Å². The highest BCUT2D eigenvalue weighted by Crippen LogP contribution is 2.22. The van der Waals surface area contributed by atoms with E-state index in [1.54, 1.807) is 24.0 Å². The average molecular weight is 279 g/mol. The van der Waals surface area contributed by atoms with Crippen molar-refractivity contribution in [3.63, 3.8) is 0 Å². The molecule has 1 saturated heterocycles. The van der Waals surface area contributed by atoms with Crippen LogP contribution in [0.2, 0.25) is 0 Å². The number of piperidine rings is 1. The summed E-state index contributed by atoms with van der Waals surface area (Å²) >= 11 is 0. The Bertz CT molecular complexity index is 480. The van der Waals surface area contributed by atoms with Crippen molar-refractivity contribution in [2.24, 2.45) is 0 Å². The summed E-state index contributed by atoms with van der Waals surface area (Å²) in [6.45, 7) is 4.64. The Labute approximate surface area is 118 Å². The number of hydrogen-bond donors (Lipinski definition) is 0. The zero-order chi connectivity index (χ0) is 14.5. The van der Waals surface area contributed by atoms with Crippen LogP contribution in [-0.2, 0) is 16.0 Å². The minimum atomic E-state index is -0.480. The molecule has 0 aliphatic carbocycles. The highest BCUT2D eigenvalue weighted by molar-refractivity contribution is 5.94. The Morgan fingerprint density at radius 1 is 1.35 bits per heavy atom. The Morgan fingerprint density at radius 3 is 2.80 bits per heavy atom. The van der Waals surface area contributed by atoms with Crippen molar-refractivity contribution in [1.82, 2.24) is 4.90 Å². The van der Waals surface area contributed by atoms with Gasteiger partial charge >= 0.3 is 5.97 Å². The number of furan rings is 1. The molecule has 0 N–H and O–H groups in total. The monoisotopic (exact) mass is 279 g/mol. The van der Waals surface area contributed by atoms with Gasteiger partial charge in [-0.3, -0.25) is 4.79 Å². The fourth-order valence-electron chi connectivity index (χ4n) is 2.48. The maximum atomic E-state index is 12.5. The lowest BCUT2D eigenvalue weighted by Gasteiger charge is -2.33. The van der Waals surface area contributed by atoms with E-state index in [0.717, 1.165) is 25.0 Å². The predicted octanol–water partition coefficient (Wildman–Crippen LogP) is 2.40. The quantitative estimate of drug-likeness (QED) is 0.794. The summed E-state index contributed by atoms with van der Waals surface area (Å²) < 4.78 is 10.6. The molecule has 0 bridgehead atoms. The first-order valence-electron chi connectivity index (χ1n) is 7.23. The first-order chi connectivity index (χ1) is 9.67. The van der Waals surface area contributed by atoms with E-state index in [9.17, 15) is 9.59 Å². The van der Waals surface area contributed by atoms with E-state index in [0.29, 0.717) is 25.3 Å². The molecule has 0 spiro atoms. The summed E-state index contributed by atoms with van der Waals surface area (Å²) in [5, 5.41) is 0. The van der Waals surface area contributed by atoms with E-state index in [1.807, 2.05) is 6.92 Å². The van der Waals surface area contributed by atoms with Crippen molar-refractivity contribution in [2.75, 3.05) is 13.2 Å². The summed E-state index contributed by atoms with van der Waals surface area (Å²) in [5.41, 5.74) is 0. The molecule has 5 nitrogen and oxygen atoms in total. The van der Waals surface area contributed by atoms with Crippen molar-refractivity contribution in [1.29, 1.82) is 0 Å².